The number of anilines is 1. The van der Waals surface area contributed by atoms with Crippen molar-refractivity contribution in [2.24, 2.45) is 0 Å². The lowest BCUT2D eigenvalue weighted by atomic mass is 9.66. The second-order valence-corrected chi connectivity index (χ2v) is 8.83. The van der Waals surface area contributed by atoms with Crippen molar-refractivity contribution in [3.63, 3.8) is 0 Å². The summed E-state index contributed by atoms with van der Waals surface area (Å²) in [6, 6.07) is 12.5. The number of carbonyl (C=O) groups excluding carboxylic acids is 1. The van der Waals surface area contributed by atoms with E-state index >= 15 is 0 Å². The van der Waals surface area contributed by atoms with Gasteiger partial charge in [-0.3, -0.25) is 4.79 Å². The lowest BCUT2D eigenvalue weighted by Crippen LogP contribution is -2.45. The Morgan fingerprint density at radius 1 is 0.967 bits per heavy atom. The topological polar surface area (TPSA) is 48.0 Å². The average molecular weight is 405 g/mol. The molecule has 3 heterocycles. The van der Waals surface area contributed by atoms with E-state index in [4.69, 9.17) is 14.2 Å². The second kappa shape index (κ2) is 7.02. The van der Waals surface area contributed by atoms with Crippen LogP contribution in [0.3, 0.4) is 0 Å². The predicted molar refractivity (Wildman–Crippen MR) is 114 cm³/mol. The zero-order chi connectivity index (χ0) is 20.1. The van der Waals surface area contributed by atoms with E-state index in [9.17, 15) is 4.79 Å². The molecule has 1 aliphatic carbocycles. The highest BCUT2D eigenvalue weighted by molar-refractivity contribution is 6.11. The highest BCUT2D eigenvalue weighted by atomic mass is 16.5. The van der Waals surface area contributed by atoms with E-state index in [1.807, 2.05) is 11.0 Å². The van der Waals surface area contributed by atoms with Crippen molar-refractivity contribution in [1.82, 2.24) is 0 Å². The molecule has 0 aromatic heterocycles. The van der Waals surface area contributed by atoms with Crippen molar-refractivity contribution in [2.75, 3.05) is 31.3 Å². The molecule has 0 N–H and O–H groups in total. The summed E-state index contributed by atoms with van der Waals surface area (Å²) in [5.41, 5.74) is 3.85. The maximum atomic E-state index is 14.1. The third-order valence-electron chi connectivity index (χ3n) is 7.11. The molecule has 4 aliphatic rings. The van der Waals surface area contributed by atoms with Crippen molar-refractivity contribution in [3.8, 4) is 11.5 Å². The summed E-state index contributed by atoms with van der Waals surface area (Å²) in [4.78, 5) is 16.1. The molecule has 156 valence electrons. The Morgan fingerprint density at radius 3 is 2.63 bits per heavy atom. The van der Waals surface area contributed by atoms with E-state index in [1.54, 1.807) is 0 Å². The molecule has 1 unspecified atom stereocenters. The van der Waals surface area contributed by atoms with E-state index in [2.05, 4.69) is 30.3 Å². The molecule has 0 radical (unpaired) electrons. The molecule has 0 saturated carbocycles. The van der Waals surface area contributed by atoms with Gasteiger partial charge >= 0.3 is 0 Å². The molecular formula is C25H27NO4. The Hall–Kier alpha value is -2.53. The number of fused-ring (bicyclic) bond motifs is 5. The van der Waals surface area contributed by atoms with E-state index in [0.717, 1.165) is 73.4 Å². The summed E-state index contributed by atoms with van der Waals surface area (Å²) in [6.07, 6.45) is 5.89. The third-order valence-corrected chi connectivity index (χ3v) is 7.11. The van der Waals surface area contributed by atoms with Crippen molar-refractivity contribution < 1.29 is 19.0 Å². The van der Waals surface area contributed by atoms with Crippen LogP contribution in [0.4, 0.5) is 5.69 Å². The van der Waals surface area contributed by atoms with Crippen molar-refractivity contribution in [1.29, 1.82) is 0 Å². The van der Waals surface area contributed by atoms with Gasteiger partial charge in [0.05, 0.1) is 25.9 Å². The van der Waals surface area contributed by atoms with Crippen LogP contribution in [0.1, 0.15) is 48.8 Å². The van der Waals surface area contributed by atoms with Gasteiger partial charge in [0.25, 0.3) is 0 Å². The molecule has 2 atom stereocenters. The monoisotopic (exact) mass is 405 g/mol. The molecule has 30 heavy (non-hydrogen) atoms. The zero-order valence-electron chi connectivity index (χ0n) is 17.2. The molecule has 3 aliphatic heterocycles. The summed E-state index contributed by atoms with van der Waals surface area (Å²) >= 11 is 0. The van der Waals surface area contributed by atoms with E-state index in [-0.39, 0.29) is 12.0 Å². The summed E-state index contributed by atoms with van der Waals surface area (Å²) < 4.78 is 17.8. The number of rotatable bonds is 2. The average Bonchev–Trinajstić information content (AvgIpc) is 3.28. The minimum absolute atomic E-state index is 0.129. The Bertz CT molecular complexity index is 997. The summed E-state index contributed by atoms with van der Waals surface area (Å²) in [5.74, 6) is 1.78. The summed E-state index contributed by atoms with van der Waals surface area (Å²) in [7, 11) is 0. The normalized spacial score (nSPS) is 27.1. The first-order valence-electron chi connectivity index (χ1n) is 11.2. The molecule has 6 rings (SSSR count). The van der Waals surface area contributed by atoms with Crippen LogP contribution in [0.5, 0.6) is 11.5 Å². The predicted octanol–water partition coefficient (Wildman–Crippen LogP) is 4.00. The molecule has 5 nitrogen and oxygen atoms in total. The number of benzene rings is 2. The van der Waals surface area contributed by atoms with Crippen molar-refractivity contribution in [2.45, 2.75) is 50.0 Å². The van der Waals surface area contributed by atoms with Crippen LogP contribution in [0.2, 0.25) is 0 Å². The van der Waals surface area contributed by atoms with E-state index < -0.39 is 5.41 Å². The fourth-order valence-electron chi connectivity index (χ4n) is 5.73. The van der Waals surface area contributed by atoms with Gasteiger partial charge in [-0.1, -0.05) is 18.2 Å². The molecule has 0 bridgehead atoms. The van der Waals surface area contributed by atoms with Crippen molar-refractivity contribution >= 4 is 11.6 Å². The van der Waals surface area contributed by atoms with Crippen molar-refractivity contribution in [3.05, 3.63) is 53.1 Å². The van der Waals surface area contributed by atoms with Gasteiger partial charge in [-0.15, -0.1) is 0 Å². The number of hydrogen-bond acceptors (Lipinski definition) is 4. The minimum atomic E-state index is -0.631. The van der Waals surface area contributed by atoms with Crippen LogP contribution >= 0.6 is 0 Å². The molecule has 1 fully saturated rings. The number of carbonyl (C=O) groups is 1. The van der Waals surface area contributed by atoms with E-state index in [0.29, 0.717) is 19.8 Å². The van der Waals surface area contributed by atoms with Gasteiger partial charge < -0.3 is 19.1 Å². The van der Waals surface area contributed by atoms with Crippen LogP contribution in [0, 0.1) is 0 Å². The number of para-hydroxylation sites is 1. The molecule has 1 spiro atoms. The molecule has 1 amide bonds. The van der Waals surface area contributed by atoms with Crippen LogP contribution in [0.25, 0.3) is 0 Å². The maximum Gasteiger partial charge on any atom is 0.242 e. The SMILES string of the molecule is O=C1N(C[C@H]2CCCO2)c2ccccc2C12CCCc1cc3c(cc12)OCCCO3. The number of hydrogen-bond donors (Lipinski definition) is 0. The van der Waals surface area contributed by atoms with Crippen LogP contribution < -0.4 is 14.4 Å². The molecule has 1 saturated heterocycles. The van der Waals surface area contributed by atoms with Crippen LogP contribution in [-0.2, 0) is 21.4 Å². The zero-order valence-corrected chi connectivity index (χ0v) is 17.2. The fourth-order valence-corrected chi connectivity index (χ4v) is 5.73. The second-order valence-electron chi connectivity index (χ2n) is 8.83. The highest BCUT2D eigenvalue weighted by Crippen LogP contribution is 2.54. The Labute approximate surface area is 176 Å². The standard InChI is InChI=1S/C25H27NO4/c27-24-25(19-8-1-2-9-21(19)26(24)16-18-7-4-11-28-18)10-3-6-17-14-22-23(15-20(17)25)30-13-5-12-29-22/h1-2,8-9,14-15,18H,3-7,10-13,16H2/t18-,25?/m1/s1. The first-order chi connectivity index (χ1) is 14.8. The van der Waals surface area contributed by atoms with Gasteiger partial charge in [0.1, 0.15) is 5.41 Å². The lowest BCUT2D eigenvalue weighted by molar-refractivity contribution is -0.122. The molecular weight excluding hydrogens is 378 g/mol. The minimum Gasteiger partial charge on any atom is -0.490 e. The van der Waals surface area contributed by atoms with Gasteiger partial charge in [-0.2, -0.15) is 0 Å². The molecule has 2 aromatic rings. The highest BCUT2D eigenvalue weighted by Gasteiger charge is 2.54. The Morgan fingerprint density at radius 2 is 1.80 bits per heavy atom. The largest absolute Gasteiger partial charge is 0.490 e. The smallest absolute Gasteiger partial charge is 0.242 e. The number of aryl methyl sites for hydroxylation is 1. The molecule has 2 aromatic carbocycles. The fraction of sp³-hybridized carbons (Fsp3) is 0.480. The van der Waals surface area contributed by atoms with Gasteiger partial charge in [0.2, 0.25) is 5.91 Å². The Kier molecular flexibility index (Phi) is 4.27. The number of ether oxygens (including phenoxy) is 3. The maximum absolute atomic E-state index is 14.1. The number of nitrogens with zero attached hydrogens (tertiary/aromatic N) is 1. The lowest BCUT2D eigenvalue weighted by Gasteiger charge is -2.36. The number of amides is 1. The quantitative estimate of drug-likeness (QED) is 0.758. The molecule has 5 heteroatoms. The third kappa shape index (κ3) is 2.61. The van der Waals surface area contributed by atoms with Crippen LogP contribution in [-0.4, -0.2) is 38.4 Å². The summed E-state index contributed by atoms with van der Waals surface area (Å²) in [5, 5.41) is 0. The summed E-state index contributed by atoms with van der Waals surface area (Å²) in [6.45, 7) is 2.76. The first kappa shape index (κ1) is 18.3. The van der Waals surface area contributed by atoms with Gasteiger partial charge in [-0.25, -0.2) is 0 Å². The Balaban J connectivity index is 1.49. The van der Waals surface area contributed by atoms with E-state index in [1.165, 1.54) is 5.56 Å². The van der Waals surface area contributed by atoms with Crippen LogP contribution in [0.15, 0.2) is 36.4 Å². The van der Waals surface area contributed by atoms with Gasteiger partial charge in [-0.05, 0) is 67.0 Å². The van der Waals surface area contributed by atoms with Gasteiger partial charge in [0.15, 0.2) is 11.5 Å². The first-order valence-corrected chi connectivity index (χ1v) is 11.2. The van der Waals surface area contributed by atoms with Gasteiger partial charge in [0, 0.05) is 18.7 Å².